The summed E-state index contributed by atoms with van der Waals surface area (Å²) in [4.78, 5) is 4.55. The molecule has 2 heterocycles. The van der Waals surface area contributed by atoms with E-state index in [2.05, 4.69) is 19.9 Å². The third kappa shape index (κ3) is 4.72. The van der Waals surface area contributed by atoms with Gasteiger partial charge < -0.3 is 0 Å². The molecule has 30 heavy (non-hydrogen) atoms. The zero-order chi connectivity index (χ0) is 21.0. The van der Waals surface area contributed by atoms with Gasteiger partial charge in [-0.2, -0.15) is 18.3 Å². The van der Waals surface area contributed by atoms with Crippen LogP contribution in [0, 0.1) is 0 Å². The summed E-state index contributed by atoms with van der Waals surface area (Å²) in [6.07, 6.45) is 0.898. The van der Waals surface area contributed by atoms with Gasteiger partial charge in [0.2, 0.25) is 0 Å². The van der Waals surface area contributed by atoms with Gasteiger partial charge in [0, 0.05) is 35.0 Å². The van der Waals surface area contributed by atoms with Crippen LogP contribution in [0.25, 0.3) is 22.4 Å². The number of nitrogens with one attached hydrogen (secondary N) is 2. The van der Waals surface area contributed by atoms with Gasteiger partial charge in [0.25, 0.3) is 0 Å². The first-order valence-electron chi connectivity index (χ1n) is 9.11. The van der Waals surface area contributed by atoms with Crippen molar-refractivity contribution in [2.24, 2.45) is 0 Å². The van der Waals surface area contributed by atoms with Gasteiger partial charge in [0.05, 0.1) is 17.5 Å². The number of aromatic nitrogens is 3. The molecule has 0 atom stereocenters. The van der Waals surface area contributed by atoms with Crippen molar-refractivity contribution in [2.75, 3.05) is 0 Å². The minimum absolute atomic E-state index is 0.494. The van der Waals surface area contributed by atoms with E-state index in [0.29, 0.717) is 11.4 Å². The molecule has 4 rings (SSSR count). The minimum Gasteiger partial charge on any atom is -0.277 e. The van der Waals surface area contributed by atoms with E-state index in [0.717, 1.165) is 40.1 Å². The SMILES string of the molecule is FC(F)(F)c1cccc(SNCc2cccc(-c3[nH]ncc3-c3ccncc3)c2)c1. The molecule has 2 N–H and O–H groups in total. The Morgan fingerprint density at radius 1 is 0.933 bits per heavy atom. The number of alkyl halides is 3. The molecule has 0 saturated carbocycles. The highest BCUT2D eigenvalue weighted by molar-refractivity contribution is 7.97. The Balaban J connectivity index is 1.46. The molecular formula is C22H17F3N4S. The van der Waals surface area contributed by atoms with E-state index in [4.69, 9.17) is 0 Å². The first-order chi connectivity index (χ1) is 14.5. The molecule has 4 nitrogen and oxygen atoms in total. The van der Waals surface area contributed by atoms with Crippen LogP contribution in [0.3, 0.4) is 0 Å². The topological polar surface area (TPSA) is 53.6 Å². The third-order valence-corrected chi connectivity index (χ3v) is 5.25. The van der Waals surface area contributed by atoms with Gasteiger partial charge in [-0.3, -0.25) is 14.8 Å². The predicted octanol–water partition coefficient (Wildman–Crippen LogP) is 5.95. The molecule has 4 aromatic rings. The fourth-order valence-corrected chi connectivity index (χ4v) is 3.77. The molecule has 0 fully saturated rings. The maximum atomic E-state index is 12.8. The van der Waals surface area contributed by atoms with Crippen LogP contribution in [0.5, 0.6) is 0 Å². The predicted molar refractivity (Wildman–Crippen MR) is 111 cm³/mol. The van der Waals surface area contributed by atoms with Crippen molar-refractivity contribution in [3.8, 4) is 22.4 Å². The van der Waals surface area contributed by atoms with Crippen molar-refractivity contribution in [3.05, 3.63) is 90.4 Å². The highest BCUT2D eigenvalue weighted by atomic mass is 32.2. The zero-order valence-electron chi connectivity index (χ0n) is 15.6. The van der Waals surface area contributed by atoms with E-state index in [1.165, 1.54) is 18.0 Å². The lowest BCUT2D eigenvalue weighted by molar-refractivity contribution is -0.137. The van der Waals surface area contributed by atoms with Crippen molar-refractivity contribution in [1.82, 2.24) is 19.9 Å². The van der Waals surface area contributed by atoms with Crippen LogP contribution in [-0.2, 0) is 12.7 Å². The van der Waals surface area contributed by atoms with Crippen LogP contribution in [0.15, 0.2) is 84.1 Å². The van der Waals surface area contributed by atoms with Crippen molar-refractivity contribution in [1.29, 1.82) is 0 Å². The largest absolute Gasteiger partial charge is 0.416 e. The Hall–Kier alpha value is -3.10. The number of hydrogen-bond donors (Lipinski definition) is 2. The van der Waals surface area contributed by atoms with E-state index < -0.39 is 11.7 Å². The molecule has 2 aromatic carbocycles. The van der Waals surface area contributed by atoms with Crippen LogP contribution in [0.4, 0.5) is 13.2 Å². The lowest BCUT2D eigenvalue weighted by Gasteiger charge is -2.10. The highest BCUT2D eigenvalue weighted by Crippen LogP contribution is 2.32. The Morgan fingerprint density at radius 2 is 1.73 bits per heavy atom. The normalized spacial score (nSPS) is 11.6. The van der Waals surface area contributed by atoms with E-state index in [9.17, 15) is 13.2 Å². The molecule has 0 aliphatic rings. The summed E-state index contributed by atoms with van der Waals surface area (Å²) >= 11 is 1.17. The van der Waals surface area contributed by atoms with Crippen LogP contribution in [0.1, 0.15) is 11.1 Å². The van der Waals surface area contributed by atoms with E-state index in [1.54, 1.807) is 24.7 Å². The monoisotopic (exact) mass is 426 g/mol. The molecule has 0 aliphatic carbocycles. The fourth-order valence-electron chi connectivity index (χ4n) is 3.03. The maximum absolute atomic E-state index is 12.8. The zero-order valence-corrected chi connectivity index (χ0v) is 16.5. The molecule has 0 amide bonds. The van der Waals surface area contributed by atoms with Gasteiger partial charge in [-0.05, 0) is 59.5 Å². The van der Waals surface area contributed by atoms with Gasteiger partial charge in [-0.25, -0.2) is 0 Å². The Bertz CT molecular complexity index is 1130. The Kier molecular flexibility index (Phi) is 5.87. The summed E-state index contributed by atoms with van der Waals surface area (Å²) in [5, 5.41) is 7.22. The average molecular weight is 426 g/mol. The summed E-state index contributed by atoms with van der Waals surface area (Å²) in [5.41, 5.74) is 4.20. The maximum Gasteiger partial charge on any atom is 0.416 e. The van der Waals surface area contributed by atoms with Crippen molar-refractivity contribution in [3.63, 3.8) is 0 Å². The van der Waals surface area contributed by atoms with Crippen LogP contribution in [0.2, 0.25) is 0 Å². The molecule has 0 bridgehead atoms. The highest BCUT2D eigenvalue weighted by Gasteiger charge is 2.30. The molecule has 0 spiro atoms. The van der Waals surface area contributed by atoms with Gasteiger partial charge in [-0.15, -0.1) is 0 Å². The number of aromatic amines is 1. The smallest absolute Gasteiger partial charge is 0.277 e. The minimum atomic E-state index is -4.35. The molecule has 0 saturated heterocycles. The number of nitrogens with zero attached hydrogens (tertiary/aromatic N) is 2. The lowest BCUT2D eigenvalue weighted by atomic mass is 10.0. The van der Waals surface area contributed by atoms with Crippen LogP contribution in [-0.4, -0.2) is 15.2 Å². The molecule has 0 aliphatic heterocycles. The molecule has 0 radical (unpaired) electrons. The van der Waals surface area contributed by atoms with Crippen LogP contribution >= 0.6 is 11.9 Å². The first kappa shape index (κ1) is 20.2. The third-order valence-electron chi connectivity index (χ3n) is 4.47. The Morgan fingerprint density at radius 3 is 2.53 bits per heavy atom. The molecule has 152 valence electrons. The fraction of sp³-hybridized carbons (Fsp3) is 0.0909. The second-order valence-corrected chi connectivity index (χ2v) is 7.51. The van der Waals surface area contributed by atoms with Gasteiger partial charge in [0.1, 0.15) is 0 Å². The lowest BCUT2D eigenvalue weighted by Crippen LogP contribution is -2.06. The second kappa shape index (κ2) is 8.73. The number of rotatable bonds is 6. The number of H-pyrrole nitrogens is 1. The summed E-state index contributed by atoms with van der Waals surface area (Å²) in [7, 11) is 0. The van der Waals surface area contributed by atoms with Gasteiger partial charge in [-0.1, -0.05) is 24.3 Å². The molecule has 8 heteroatoms. The van der Waals surface area contributed by atoms with Crippen LogP contribution < -0.4 is 4.72 Å². The van der Waals surface area contributed by atoms with Gasteiger partial charge in [0.15, 0.2) is 0 Å². The quantitative estimate of drug-likeness (QED) is 0.374. The summed E-state index contributed by atoms with van der Waals surface area (Å²) in [6, 6.07) is 17.0. The van der Waals surface area contributed by atoms with E-state index >= 15 is 0 Å². The molecular weight excluding hydrogens is 409 g/mol. The first-order valence-corrected chi connectivity index (χ1v) is 9.92. The summed E-state index contributed by atoms with van der Waals surface area (Å²) in [5.74, 6) is 0. The van der Waals surface area contributed by atoms with Crippen molar-refractivity contribution >= 4 is 11.9 Å². The molecule has 2 aromatic heterocycles. The number of halogens is 3. The van der Waals surface area contributed by atoms with Crippen molar-refractivity contribution < 1.29 is 13.2 Å². The second-order valence-electron chi connectivity index (χ2n) is 6.54. The summed E-state index contributed by atoms with van der Waals surface area (Å²) in [6.45, 7) is 0.494. The number of benzene rings is 2. The summed E-state index contributed by atoms with van der Waals surface area (Å²) < 4.78 is 41.7. The number of hydrogen-bond acceptors (Lipinski definition) is 4. The Labute approximate surface area is 175 Å². The standard InChI is InChI=1S/C22H17F3N4S/c23-22(24,25)18-5-2-6-19(12-18)30-28-13-15-3-1-4-17(11-15)21-20(14-27-29-21)16-7-9-26-10-8-16/h1-12,14,28H,13H2,(H,27,29). The average Bonchev–Trinajstić information content (AvgIpc) is 3.24. The molecule has 0 unspecified atom stereocenters. The van der Waals surface area contributed by atoms with E-state index in [-0.39, 0.29) is 0 Å². The number of pyridine rings is 1. The van der Waals surface area contributed by atoms with Gasteiger partial charge >= 0.3 is 6.18 Å². The van der Waals surface area contributed by atoms with Crippen molar-refractivity contribution in [2.45, 2.75) is 17.6 Å². The van der Waals surface area contributed by atoms with E-state index in [1.807, 2.05) is 36.4 Å².